The van der Waals surface area contributed by atoms with Crippen molar-refractivity contribution in [2.45, 2.75) is 18.7 Å². The van der Waals surface area contributed by atoms with Gasteiger partial charge in [-0.3, -0.25) is 4.79 Å². The largest absolute Gasteiger partial charge is 0.398 e. The van der Waals surface area contributed by atoms with Crippen LogP contribution in [0.4, 0.5) is 5.69 Å². The number of Topliss-reactive ketones (excluding diaryl/α,β-unsaturated/α-hetero) is 1. The molecule has 0 aliphatic rings. The number of hydrogen-bond donors (Lipinski definition) is 1. The second-order valence-corrected chi connectivity index (χ2v) is 3.97. The highest BCUT2D eigenvalue weighted by molar-refractivity contribution is 9.09. The van der Waals surface area contributed by atoms with E-state index in [1.54, 1.807) is 6.92 Å². The summed E-state index contributed by atoms with van der Waals surface area (Å²) < 4.78 is 0. The second-order valence-electron chi connectivity index (χ2n) is 3.05. The molecule has 0 bridgehead atoms. The fraction of sp³-hybridized carbons (Fsp3) is 0.300. The Morgan fingerprint density at radius 3 is 2.69 bits per heavy atom. The summed E-state index contributed by atoms with van der Waals surface area (Å²) in [6.45, 7) is 3.47. The molecule has 0 aromatic heterocycles. The zero-order valence-electron chi connectivity index (χ0n) is 7.67. The first-order chi connectivity index (χ1) is 6.04. The quantitative estimate of drug-likeness (QED) is 0.639. The predicted molar refractivity (Wildman–Crippen MR) is 57.9 cm³/mol. The third kappa shape index (κ3) is 2.10. The number of aryl methyl sites for hydroxylation is 1. The van der Waals surface area contributed by atoms with Gasteiger partial charge in [0.25, 0.3) is 0 Å². The summed E-state index contributed by atoms with van der Waals surface area (Å²) in [5.41, 5.74) is 8.39. The number of ketones is 1. The van der Waals surface area contributed by atoms with Crippen LogP contribution in [0.5, 0.6) is 0 Å². The molecule has 0 fully saturated rings. The molecule has 0 amide bonds. The van der Waals surface area contributed by atoms with Crippen LogP contribution in [0.2, 0.25) is 0 Å². The van der Waals surface area contributed by atoms with Gasteiger partial charge in [0.2, 0.25) is 0 Å². The number of benzene rings is 1. The monoisotopic (exact) mass is 241 g/mol. The summed E-state index contributed by atoms with van der Waals surface area (Å²) in [5, 5.41) is 0. The molecular weight excluding hydrogens is 230 g/mol. The van der Waals surface area contributed by atoms with Gasteiger partial charge in [0.15, 0.2) is 0 Å². The molecule has 1 aromatic carbocycles. The maximum Gasteiger partial charge on any atom is 0.147 e. The van der Waals surface area contributed by atoms with Crippen molar-refractivity contribution in [1.29, 1.82) is 0 Å². The van der Waals surface area contributed by atoms with Crippen LogP contribution in [-0.2, 0) is 4.79 Å². The lowest BCUT2D eigenvalue weighted by Crippen LogP contribution is -2.05. The topological polar surface area (TPSA) is 43.1 Å². The first-order valence-electron chi connectivity index (χ1n) is 4.03. The molecule has 13 heavy (non-hydrogen) atoms. The van der Waals surface area contributed by atoms with E-state index in [0.717, 1.165) is 11.1 Å². The molecule has 1 aromatic rings. The molecule has 0 heterocycles. The van der Waals surface area contributed by atoms with Gasteiger partial charge in [0.1, 0.15) is 5.78 Å². The average Bonchev–Trinajstić information content (AvgIpc) is 2.08. The van der Waals surface area contributed by atoms with E-state index >= 15 is 0 Å². The summed E-state index contributed by atoms with van der Waals surface area (Å²) in [4.78, 5) is 10.8. The minimum absolute atomic E-state index is 0.0669. The first kappa shape index (κ1) is 10.3. The van der Waals surface area contributed by atoms with Crippen molar-refractivity contribution >= 4 is 27.4 Å². The molecule has 0 spiro atoms. The van der Waals surface area contributed by atoms with Gasteiger partial charge in [-0.05, 0) is 25.0 Å². The van der Waals surface area contributed by atoms with E-state index in [4.69, 9.17) is 5.73 Å². The molecule has 1 rings (SSSR count). The highest BCUT2D eigenvalue weighted by atomic mass is 79.9. The van der Waals surface area contributed by atoms with Crippen molar-refractivity contribution in [3.63, 3.8) is 0 Å². The molecule has 0 saturated carbocycles. The smallest absolute Gasteiger partial charge is 0.147 e. The zero-order chi connectivity index (χ0) is 10.0. The van der Waals surface area contributed by atoms with Gasteiger partial charge in [0, 0.05) is 5.69 Å². The molecule has 1 atom stereocenters. The number of rotatable bonds is 2. The maximum atomic E-state index is 11.1. The lowest BCUT2D eigenvalue weighted by molar-refractivity contribution is -0.116. The standard InChI is InChI=1S/C10H12BrNO/c1-6-4-3-5-8(10(6)12)9(11)7(2)13/h3-5,9H,12H2,1-2H3. The Balaban J connectivity index is 3.15. The summed E-state index contributed by atoms with van der Waals surface area (Å²) in [7, 11) is 0. The van der Waals surface area contributed by atoms with Crippen molar-refractivity contribution in [1.82, 2.24) is 0 Å². The molecule has 2 N–H and O–H groups in total. The normalized spacial score (nSPS) is 12.5. The van der Waals surface area contributed by atoms with Crippen LogP contribution in [-0.4, -0.2) is 5.78 Å². The summed E-state index contributed by atoms with van der Waals surface area (Å²) in [5.74, 6) is 0.0669. The number of para-hydroxylation sites is 1. The number of anilines is 1. The molecule has 0 aliphatic carbocycles. The Morgan fingerprint density at radius 1 is 1.54 bits per heavy atom. The Kier molecular flexibility index (Phi) is 3.09. The third-order valence-corrected chi connectivity index (χ3v) is 3.13. The Labute approximate surface area is 86.3 Å². The van der Waals surface area contributed by atoms with Crippen LogP contribution >= 0.6 is 15.9 Å². The van der Waals surface area contributed by atoms with Crippen LogP contribution in [0, 0.1) is 6.92 Å². The Hall–Kier alpha value is -0.830. The molecule has 1 unspecified atom stereocenters. The summed E-state index contributed by atoms with van der Waals surface area (Å²) in [6.07, 6.45) is 0. The molecule has 2 nitrogen and oxygen atoms in total. The van der Waals surface area contributed by atoms with E-state index < -0.39 is 0 Å². The van der Waals surface area contributed by atoms with Gasteiger partial charge >= 0.3 is 0 Å². The third-order valence-electron chi connectivity index (χ3n) is 1.99. The second kappa shape index (κ2) is 3.92. The molecule has 0 saturated heterocycles. The number of nitrogen functional groups attached to an aromatic ring is 1. The number of nitrogens with two attached hydrogens (primary N) is 1. The number of carbonyl (C=O) groups excluding carboxylic acids is 1. The molecule has 0 aliphatic heterocycles. The van der Waals surface area contributed by atoms with Gasteiger partial charge in [-0.1, -0.05) is 34.1 Å². The van der Waals surface area contributed by atoms with Crippen LogP contribution in [0.1, 0.15) is 22.9 Å². The lowest BCUT2D eigenvalue weighted by Gasteiger charge is -2.11. The van der Waals surface area contributed by atoms with Crippen LogP contribution in [0.3, 0.4) is 0 Å². The van der Waals surface area contributed by atoms with Crippen molar-refractivity contribution in [2.24, 2.45) is 0 Å². The summed E-state index contributed by atoms with van der Waals surface area (Å²) in [6, 6.07) is 5.69. The SMILES string of the molecule is CC(=O)C(Br)c1cccc(C)c1N. The minimum Gasteiger partial charge on any atom is -0.398 e. The van der Waals surface area contributed by atoms with Gasteiger partial charge in [-0.2, -0.15) is 0 Å². The van der Waals surface area contributed by atoms with Crippen LogP contribution in [0.15, 0.2) is 18.2 Å². The van der Waals surface area contributed by atoms with E-state index in [2.05, 4.69) is 15.9 Å². The Morgan fingerprint density at radius 2 is 2.15 bits per heavy atom. The Bertz CT molecular complexity index is 336. The van der Waals surface area contributed by atoms with Crippen LogP contribution < -0.4 is 5.73 Å². The predicted octanol–water partition coefficient (Wildman–Crippen LogP) is 2.60. The van der Waals surface area contributed by atoms with Gasteiger partial charge in [-0.15, -0.1) is 0 Å². The number of carbonyl (C=O) groups is 1. The fourth-order valence-corrected chi connectivity index (χ4v) is 1.54. The maximum absolute atomic E-state index is 11.1. The molecule has 70 valence electrons. The molecule has 0 radical (unpaired) electrons. The van der Waals surface area contributed by atoms with E-state index in [1.807, 2.05) is 25.1 Å². The molecule has 3 heteroatoms. The zero-order valence-corrected chi connectivity index (χ0v) is 9.26. The van der Waals surface area contributed by atoms with E-state index in [-0.39, 0.29) is 10.6 Å². The number of alkyl halides is 1. The summed E-state index contributed by atoms with van der Waals surface area (Å²) >= 11 is 3.31. The van der Waals surface area contributed by atoms with Gasteiger partial charge in [-0.25, -0.2) is 0 Å². The van der Waals surface area contributed by atoms with Crippen molar-refractivity contribution in [2.75, 3.05) is 5.73 Å². The minimum atomic E-state index is -0.285. The van der Waals surface area contributed by atoms with Crippen molar-refractivity contribution in [3.05, 3.63) is 29.3 Å². The highest BCUT2D eigenvalue weighted by Gasteiger charge is 2.15. The number of halogens is 1. The van der Waals surface area contributed by atoms with E-state index in [1.165, 1.54) is 0 Å². The van der Waals surface area contributed by atoms with E-state index in [0.29, 0.717) is 5.69 Å². The van der Waals surface area contributed by atoms with Crippen molar-refractivity contribution < 1.29 is 4.79 Å². The average molecular weight is 242 g/mol. The van der Waals surface area contributed by atoms with E-state index in [9.17, 15) is 4.79 Å². The van der Waals surface area contributed by atoms with Crippen molar-refractivity contribution in [3.8, 4) is 0 Å². The van der Waals surface area contributed by atoms with Gasteiger partial charge in [0.05, 0.1) is 4.83 Å². The first-order valence-corrected chi connectivity index (χ1v) is 4.95. The highest BCUT2D eigenvalue weighted by Crippen LogP contribution is 2.30. The van der Waals surface area contributed by atoms with Crippen LogP contribution in [0.25, 0.3) is 0 Å². The lowest BCUT2D eigenvalue weighted by atomic mass is 10.0. The number of hydrogen-bond acceptors (Lipinski definition) is 2. The molecular formula is C10H12BrNO. The van der Waals surface area contributed by atoms with Gasteiger partial charge < -0.3 is 5.73 Å². The fourth-order valence-electron chi connectivity index (χ4n) is 1.14.